The smallest absolute Gasteiger partial charge is 0.153 e. The second kappa shape index (κ2) is 4.35. The van der Waals surface area contributed by atoms with Gasteiger partial charge in [0.05, 0.1) is 6.04 Å². The molecule has 0 fully saturated rings. The Balaban J connectivity index is 2.42. The summed E-state index contributed by atoms with van der Waals surface area (Å²) < 4.78 is 18.6. The van der Waals surface area contributed by atoms with E-state index in [1.807, 2.05) is 6.92 Å². The Morgan fingerprint density at radius 3 is 2.75 bits per heavy atom. The van der Waals surface area contributed by atoms with Gasteiger partial charge < -0.3 is 10.3 Å². The zero-order valence-electron chi connectivity index (χ0n) is 8.58. The highest BCUT2D eigenvalue weighted by Gasteiger charge is 2.12. The summed E-state index contributed by atoms with van der Waals surface area (Å²) in [5.74, 6) is 0.303. The summed E-state index contributed by atoms with van der Waals surface area (Å²) in [5.41, 5.74) is 7.07. The van der Waals surface area contributed by atoms with Gasteiger partial charge in [-0.05, 0) is 41.1 Å². The van der Waals surface area contributed by atoms with Gasteiger partial charge in [0.2, 0.25) is 0 Å². The molecule has 5 heteroatoms. The molecular formula is C11H10BrFN2O. The van der Waals surface area contributed by atoms with Crippen molar-refractivity contribution in [3.05, 3.63) is 40.3 Å². The third kappa shape index (κ3) is 2.15. The van der Waals surface area contributed by atoms with Gasteiger partial charge in [-0.3, -0.25) is 0 Å². The van der Waals surface area contributed by atoms with Crippen molar-refractivity contribution in [1.82, 2.24) is 5.16 Å². The lowest BCUT2D eigenvalue weighted by atomic mass is 10.1. The Hall–Kier alpha value is -1.20. The van der Waals surface area contributed by atoms with Gasteiger partial charge in [-0.1, -0.05) is 5.16 Å². The maximum Gasteiger partial charge on any atom is 0.153 e. The van der Waals surface area contributed by atoms with E-state index in [2.05, 4.69) is 21.1 Å². The first-order chi connectivity index (χ1) is 7.58. The SMILES string of the molecule is CC(N)c1cc(-c2ccc(F)cc2Br)no1. The molecule has 0 amide bonds. The number of halogens is 2. The summed E-state index contributed by atoms with van der Waals surface area (Å²) in [6.45, 7) is 1.81. The molecule has 1 aromatic carbocycles. The van der Waals surface area contributed by atoms with E-state index >= 15 is 0 Å². The van der Waals surface area contributed by atoms with Crippen LogP contribution in [0.4, 0.5) is 4.39 Å². The molecule has 3 nitrogen and oxygen atoms in total. The van der Waals surface area contributed by atoms with Gasteiger partial charge >= 0.3 is 0 Å². The lowest BCUT2D eigenvalue weighted by Crippen LogP contribution is -2.02. The maximum absolute atomic E-state index is 12.9. The number of rotatable bonds is 2. The minimum absolute atomic E-state index is 0.208. The van der Waals surface area contributed by atoms with Gasteiger partial charge in [-0.25, -0.2) is 4.39 Å². The number of benzene rings is 1. The van der Waals surface area contributed by atoms with Crippen LogP contribution < -0.4 is 5.73 Å². The molecule has 0 saturated heterocycles. The summed E-state index contributed by atoms with van der Waals surface area (Å²) in [6.07, 6.45) is 0. The van der Waals surface area contributed by atoms with E-state index in [-0.39, 0.29) is 11.9 Å². The summed E-state index contributed by atoms with van der Waals surface area (Å²) in [6, 6.07) is 5.95. The highest BCUT2D eigenvalue weighted by atomic mass is 79.9. The molecule has 16 heavy (non-hydrogen) atoms. The van der Waals surface area contributed by atoms with Gasteiger partial charge in [0.1, 0.15) is 11.5 Å². The molecule has 2 aromatic rings. The summed E-state index contributed by atoms with van der Waals surface area (Å²) >= 11 is 3.28. The van der Waals surface area contributed by atoms with Crippen LogP contribution in [-0.2, 0) is 0 Å². The van der Waals surface area contributed by atoms with Gasteiger partial charge in [0.15, 0.2) is 5.76 Å². The fourth-order valence-electron chi connectivity index (χ4n) is 1.33. The van der Waals surface area contributed by atoms with Crippen LogP contribution >= 0.6 is 15.9 Å². The van der Waals surface area contributed by atoms with E-state index < -0.39 is 0 Å². The van der Waals surface area contributed by atoms with E-state index in [1.165, 1.54) is 12.1 Å². The number of aromatic nitrogens is 1. The van der Waals surface area contributed by atoms with Crippen LogP contribution in [0.15, 0.2) is 33.3 Å². The molecule has 1 heterocycles. The van der Waals surface area contributed by atoms with Crippen molar-refractivity contribution >= 4 is 15.9 Å². The van der Waals surface area contributed by atoms with Gasteiger partial charge in [-0.2, -0.15) is 0 Å². The van der Waals surface area contributed by atoms with Crippen molar-refractivity contribution in [2.45, 2.75) is 13.0 Å². The number of nitrogens with zero attached hydrogens (tertiary/aromatic N) is 1. The molecule has 0 aliphatic heterocycles. The van der Waals surface area contributed by atoms with E-state index in [4.69, 9.17) is 10.3 Å². The minimum Gasteiger partial charge on any atom is -0.359 e. The highest BCUT2D eigenvalue weighted by Crippen LogP contribution is 2.29. The normalized spacial score (nSPS) is 12.8. The molecule has 0 radical (unpaired) electrons. The molecule has 1 atom stereocenters. The first-order valence-corrected chi connectivity index (χ1v) is 5.55. The lowest BCUT2D eigenvalue weighted by molar-refractivity contribution is 0.369. The Bertz CT molecular complexity index is 510. The summed E-state index contributed by atoms with van der Waals surface area (Å²) in [4.78, 5) is 0. The molecule has 84 valence electrons. The first-order valence-electron chi connectivity index (χ1n) is 4.75. The van der Waals surface area contributed by atoms with Crippen molar-refractivity contribution in [2.75, 3.05) is 0 Å². The molecule has 0 aliphatic carbocycles. The Morgan fingerprint density at radius 1 is 1.44 bits per heavy atom. The Kier molecular flexibility index (Phi) is 3.07. The zero-order valence-corrected chi connectivity index (χ0v) is 10.2. The van der Waals surface area contributed by atoms with E-state index in [0.717, 1.165) is 5.56 Å². The fraction of sp³-hybridized carbons (Fsp3) is 0.182. The summed E-state index contributed by atoms with van der Waals surface area (Å²) in [5, 5.41) is 3.89. The van der Waals surface area contributed by atoms with Crippen LogP contribution in [0, 0.1) is 5.82 Å². The Morgan fingerprint density at radius 2 is 2.19 bits per heavy atom. The molecule has 2 N–H and O–H groups in total. The Labute approximate surface area is 101 Å². The summed E-state index contributed by atoms with van der Waals surface area (Å²) in [7, 11) is 0. The molecule has 1 unspecified atom stereocenters. The number of nitrogens with two attached hydrogens (primary N) is 1. The van der Waals surface area contributed by atoms with Crippen LogP contribution in [-0.4, -0.2) is 5.16 Å². The van der Waals surface area contributed by atoms with Crippen LogP contribution in [0.5, 0.6) is 0 Å². The van der Waals surface area contributed by atoms with Gasteiger partial charge in [-0.15, -0.1) is 0 Å². The standard InChI is InChI=1S/C11H10BrFN2O/c1-6(14)11-5-10(15-16-11)8-3-2-7(13)4-9(8)12/h2-6H,14H2,1H3. The highest BCUT2D eigenvalue weighted by molar-refractivity contribution is 9.10. The van der Waals surface area contributed by atoms with Crippen LogP contribution in [0.3, 0.4) is 0 Å². The van der Waals surface area contributed by atoms with E-state index in [0.29, 0.717) is 15.9 Å². The van der Waals surface area contributed by atoms with Crippen LogP contribution in [0.25, 0.3) is 11.3 Å². The predicted molar refractivity (Wildman–Crippen MR) is 62.2 cm³/mol. The lowest BCUT2D eigenvalue weighted by Gasteiger charge is -1.99. The molecule has 0 saturated carbocycles. The molecule has 1 aromatic heterocycles. The topological polar surface area (TPSA) is 52.0 Å². The average molecular weight is 285 g/mol. The minimum atomic E-state index is -0.300. The van der Waals surface area contributed by atoms with Gasteiger partial charge in [0, 0.05) is 16.1 Å². The molecule has 2 rings (SSSR count). The third-order valence-corrected chi connectivity index (χ3v) is 2.84. The second-order valence-corrected chi connectivity index (χ2v) is 4.38. The third-order valence-electron chi connectivity index (χ3n) is 2.18. The predicted octanol–water partition coefficient (Wildman–Crippen LogP) is 3.26. The van der Waals surface area contributed by atoms with E-state index in [9.17, 15) is 4.39 Å². The molecule has 0 aliphatic rings. The second-order valence-electron chi connectivity index (χ2n) is 3.53. The maximum atomic E-state index is 12.9. The van der Waals surface area contributed by atoms with Crippen molar-refractivity contribution in [3.8, 4) is 11.3 Å². The largest absolute Gasteiger partial charge is 0.359 e. The van der Waals surface area contributed by atoms with Crippen molar-refractivity contribution in [3.63, 3.8) is 0 Å². The quantitative estimate of drug-likeness (QED) is 0.921. The average Bonchev–Trinajstić information content (AvgIpc) is 2.66. The van der Waals surface area contributed by atoms with Crippen molar-refractivity contribution in [1.29, 1.82) is 0 Å². The fourth-order valence-corrected chi connectivity index (χ4v) is 1.88. The molecule has 0 spiro atoms. The van der Waals surface area contributed by atoms with Crippen molar-refractivity contribution in [2.24, 2.45) is 5.73 Å². The molecule has 0 bridgehead atoms. The van der Waals surface area contributed by atoms with E-state index in [1.54, 1.807) is 12.1 Å². The zero-order chi connectivity index (χ0) is 11.7. The first kappa shape index (κ1) is 11.3. The van der Waals surface area contributed by atoms with Crippen LogP contribution in [0.1, 0.15) is 18.7 Å². The molecular weight excluding hydrogens is 275 g/mol. The number of hydrogen-bond donors (Lipinski definition) is 1. The number of hydrogen-bond acceptors (Lipinski definition) is 3. The van der Waals surface area contributed by atoms with Crippen LogP contribution in [0.2, 0.25) is 0 Å². The van der Waals surface area contributed by atoms with Gasteiger partial charge in [0.25, 0.3) is 0 Å². The monoisotopic (exact) mass is 284 g/mol. The van der Waals surface area contributed by atoms with Crippen molar-refractivity contribution < 1.29 is 8.91 Å².